The molecule has 0 aliphatic heterocycles. The molecule has 3 aromatic rings. The van der Waals surface area contributed by atoms with Crippen LogP contribution in [0, 0.1) is 6.92 Å². The highest BCUT2D eigenvalue weighted by atomic mass is 16.2. The molecule has 0 atom stereocenters. The predicted octanol–water partition coefficient (Wildman–Crippen LogP) is 0.887. The quantitative estimate of drug-likeness (QED) is 0.765. The zero-order valence-electron chi connectivity index (χ0n) is 13.6. The number of nitrogens with one attached hydrogen (secondary N) is 1. The molecule has 3 rings (SSSR count). The average Bonchev–Trinajstić information content (AvgIpc) is 2.62. The van der Waals surface area contributed by atoms with Gasteiger partial charge in [-0.1, -0.05) is 17.7 Å². The van der Waals surface area contributed by atoms with Crippen LogP contribution in [0.25, 0.3) is 5.69 Å². The normalized spacial score (nSPS) is 10.5. The summed E-state index contributed by atoms with van der Waals surface area (Å²) in [5, 5.41) is 6.51. The summed E-state index contributed by atoms with van der Waals surface area (Å²) in [6.07, 6.45) is 3.00. The first kappa shape index (κ1) is 16.3. The first-order valence-electron chi connectivity index (χ1n) is 7.46. The highest BCUT2D eigenvalue weighted by molar-refractivity contribution is 6.02. The van der Waals surface area contributed by atoms with E-state index in [9.17, 15) is 14.4 Å². The minimum atomic E-state index is -0.769. The number of carbonyl (C=O) groups excluding carboxylic acids is 1. The van der Waals surface area contributed by atoms with Gasteiger partial charge in [0.2, 0.25) is 5.69 Å². The first-order valence-corrected chi connectivity index (χ1v) is 7.46. The van der Waals surface area contributed by atoms with E-state index in [4.69, 9.17) is 0 Å². The zero-order chi connectivity index (χ0) is 18.0. The predicted molar refractivity (Wildman–Crippen MR) is 92.0 cm³/mol. The lowest BCUT2D eigenvalue weighted by atomic mass is 10.2. The van der Waals surface area contributed by atoms with Gasteiger partial charge in [0.05, 0.1) is 17.6 Å². The Balaban J connectivity index is 2.08. The van der Waals surface area contributed by atoms with Gasteiger partial charge >= 0.3 is 5.69 Å². The number of aryl methyl sites for hydroxylation is 1. The van der Waals surface area contributed by atoms with E-state index in [1.165, 1.54) is 13.2 Å². The van der Waals surface area contributed by atoms with Crippen LogP contribution >= 0.6 is 0 Å². The van der Waals surface area contributed by atoms with Crippen molar-refractivity contribution in [1.82, 2.24) is 19.3 Å². The summed E-state index contributed by atoms with van der Waals surface area (Å²) in [6, 6.07) is 10.3. The molecule has 8 nitrogen and oxygen atoms in total. The fraction of sp³-hybridized carbons (Fsp3) is 0.118. The van der Waals surface area contributed by atoms with Crippen LogP contribution in [0.1, 0.15) is 16.1 Å². The summed E-state index contributed by atoms with van der Waals surface area (Å²) in [7, 11) is 1.30. The van der Waals surface area contributed by atoms with E-state index in [1.54, 1.807) is 30.5 Å². The van der Waals surface area contributed by atoms with Gasteiger partial charge in [-0.15, -0.1) is 0 Å². The number of hydrogen-bond acceptors (Lipinski definition) is 5. The van der Waals surface area contributed by atoms with Crippen LogP contribution in [-0.4, -0.2) is 25.2 Å². The minimum Gasteiger partial charge on any atom is -0.319 e. The lowest BCUT2D eigenvalue weighted by Gasteiger charge is -2.09. The lowest BCUT2D eigenvalue weighted by molar-refractivity contribution is 0.101. The summed E-state index contributed by atoms with van der Waals surface area (Å²) in [5.74, 6) is -0.713. The molecule has 0 bridgehead atoms. The summed E-state index contributed by atoms with van der Waals surface area (Å²) in [5.41, 5.74) is 0.107. The molecule has 0 saturated carbocycles. The van der Waals surface area contributed by atoms with E-state index < -0.39 is 17.2 Å². The van der Waals surface area contributed by atoms with E-state index in [-0.39, 0.29) is 5.69 Å². The summed E-state index contributed by atoms with van der Waals surface area (Å²) < 4.78 is 1.88. The van der Waals surface area contributed by atoms with Crippen molar-refractivity contribution in [3.05, 3.63) is 80.9 Å². The van der Waals surface area contributed by atoms with Crippen molar-refractivity contribution in [3.63, 3.8) is 0 Å². The Morgan fingerprint density at radius 3 is 2.48 bits per heavy atom. The molecule has 25 heavy (non-hydrogen) atoms. The Bertz CT molecular complexity index is 1040. The molecule has 1 amide bonds. The molecule has 0 unspecified atom stereocenters. The molecule has 126 valence electrons. The third kappa shape index (κ3) is 3.23. The Morgan fingerprint density at radius 2 is 1.84 bits per heavy atom. The van der Waals surface area contributed by atoms with E-state index in [0.717, 1.165) is 14.8 Å². The SMILES string of the molecule is Cc1ccc(-n2nc(C(=O)Nc3cccnc3)c(=O)n(C)c2=O)cc1. The van der Waals surface area contributed by atoms with E-state index in [0.29, 0.717) is 11.4 Å². The van der Waals surface area contributed by atoms with Crippen LogP contribution in [0.3, 0.4) is 0 Å². The van der Waals surface area contributed by atoms with Crippen LogP contribution in [0.2, 0.25) is 0 Å². The van der Waals surface area contributed by atoms with Gasteiger partial charge < -0.3 is 5.32 Å². The Kier molecular flexibility index (Phi) is 4.25. The number of rotatable bonds is 3. The van der Waals surface area contributed by atoms with E-state index in [1.807, 2.05) is 19.1 Å². The highest BCUT2D eigenvalue weighted by Gasteiger charge is 2.18. The van der Waals surface area contributed by atoms with Gasteiger partial charge in [0, 0.05) is 13.2 Å². The molecule has 8 heteroatoms. The standard InChI is InChI=1S/C17H15N5O3/c1-11-5-7-13(8-6-11)22-17(25)21(2)16(24)14(20-22)15(23)19-12-4-3-9-18-10-12/h3-10H,1-2H3,(H,19,23). The number of amides is 1. The Hall–Kier alpha value is -3.55. The van der Waals surface area contributed by atoms with Gasteiger partial charge in [0.25, 0.3) is 11.5 Å². The summed E-state index contributed by atoms with van der Waals surface area (Å²) in [6.45, 7) is 1.91. The molecule has 0 saturated heterocycles. The number of hydrogen-bond donors (Lipinski definition) is 1. The van der Waals surface area contributed by atoms with Gasteiger partial charge in [0.1, 0.15) is 0 Å². The number of aromatic nitrogens is 4. The largest absolute Gasteiger partial charge is 0.351 e. The number of pyridine rings is 1. The third-order valence-corrected chi connectivity index (χ3v) is 3.59. The minimum absolute atomic E-state index is 0.383. The van der Waals surface area contributed by atoms with Crippen LogP contribution in [0.5, 0.6) is 0 Å². The highest BCUT2D eigenvalue weighted by Crippen LogP contribution is 2.07. The van der Waals surface area contributed by atoms with Gasteiger partial charge in [-0.25, -0.2) is 4.79 Å². The molecule has 2 heterocycles. The molecular formula is C17H15N5O3. The second-order valence-corrected chi connectivity index (χ2v) is 5.44. The van der Waals surface area contributed by atoms with Crippen molar-refractivity contribution in [2.24, 2.45) is 7.05 Å². The van der Waals surface area contributed by atoms with Crippen LogP contribution in [0.4, 0.5) is 5.69 Å². The molecular weight excluding hydrogens is 322 g/mol. The van der Waals surface area contributed by atoms with Crippen molar-refractivity contribution >= 4 is 11.6 Å². The molecule has 2 aromatic heterocycles. The molecule has 0 spiro atoms. The molecule has 1 aromatic carbocycles. The van der Waals surface area contributed by atoms with E-state index >= 15 is 0 Å². The smallest absolute Gasteiger partial charge is 0.319 e. The number of benzene rings is 1. The van der Waals surface area contributed by atoms with Crippen molar-refractivity contribution in [2.75, 3.05) is 5.32 Å². The topological polar surface area (TPSA) is 98.9 Å². The van der Waals surface area contributed by atoms with Crippen LogP contribution in [-0.2, 0) is 7.05 Å². The van der Waals surface area contributed by atoms with Crippen molar-refractivity contribution in [1.29, 1.82) is 0 Å². The number of anilines is 1. The molecule has 0 aliphatic carbocycles. The number of carbonyl (C=O) groups is 1. The van der Waals surface area contributed by atoms with Gasteiger partial charge in [-0.2, -0.15) is 9.78 Å². The first-order chi connectivity index (χ1) is 12.0. The fourth-order valence-corrected chi connectivity index (χ4v) is 2.20. The number of nitrogens with zero attached hydrogens (tertiary/aromatic N) is 4. The van der Waals surface area contributed by atoms with Gasteiger partial charge in [0.15, 0.2) is 0 Å². The fourth-order valence-electron chi connectivity index (χ4n) is 2.20. The molecule has 0 fully saturated rings. The summed E-state index contributed by atoms with van der Waals surface area (Å²) >= 11 is 0. The van der Waals surface area contributed by atoms with Crippen LogP contribution < -0.4 is 16.6 Å². The van der Waals surface area contributed by atoms with Gasteiger partial charge in [-0.3, -0.25) is 19.1 Å². The monoisotopic (exact) mass is 337 g/mol. The molecule has 0 radical (unpaired) electrons. The van der Waals surface area contributed by atoms with Crippen molar-refractivity contribution in [3.8, 4) is 5.69 Å². The molecule has 0 aliphatic rings. The lowest BCUT2D eigenvalue weighted by Crippen LogP contribution is -2.43. The third-order valence-electron chi connectivity index (χ3n) is 3.59. The van der Waals surface area contributed by atoms with Crippen molar-refractivity contribution in [2.45, 2.75) is 6.92 Å². The maximum Gasteiger partial charge on any atom is 0.351 e. The van der Waals surface area contributed by atoms with Gasteiger partial charge in [-0.05, 0) is 31.2 Å². The Morgan fingerprint density at radius 1 is 1.12 bits per heavy atom. The maximum absolute atomic E-state index is 12.4. The van der Waals surface area contributed by atoms with Crippen molar-refractivity contribution < 1.29 is 4.79 Å². The molecule has 1 N–H and O–H groups in total. The second kappa shape index (κ2) is 6.52. The second-order valence-electron chi connectivity index (χ2n) is 5.44. The maximum atomic E-state index is 12.4. The Labute approximate surface area is 142 Å². The average molecular weight is 337 g/mol. The summed E-state index contributed by atoms with van der Waals surface area (Å²) in [4.78, 5) is 40.9. The van der Waals surface area contributed by atoms with E-state index in [2.05, 4.69) is 15.4 Å². The zero-order valence-corrected chi connectivity index (χ0v) is 13.6. The van der Waals surface area contributed by atoms with Crippen LogP contribution in [0.15, 0.2) is 58.4 Å².